The van der Waals surface area contributed by atoms with E-state index >= 15 is 0 Å². The molecule has 0 bridgehead atoms. The summed E-state index contributed by atoms with van der Waals surface area (Å²) in [6, 6.07) is 14.8. The van der Waals surface area contributed by atoms with Crippen LogP contribution in [-0.4, -0.2) is 21.2 Å². The van der Waals surface area contributed by atoms with Gasteiger partial charge in [-0.15, -0.1) is 0 Å². The van der Waals surface area contributed by atoms with E-state index in [1.807, 2.05) is 30.3 Å². The molecule has 0 fully saturated rings. The number of benzene rings is 2. The highest BCUT2D eigenvalue weighted by Crippen LogP contribution is 2.21. The van der Waals surface area contributed by atoms with E-state index in [0.29, 0.717) is 40.1 Å². The van der Waals surface area contributed by atoms with Crippen molar-refractivity contribution >= 4 is 40.2 Å². The molecule has 0 saturated carbocycles. The van der Waals surface area contributed by atoms with Crippen LogP contribution in [0.25, 0.3) is 10.9 Å². The van der Waals surface area contributed by atoms with Crippen molar-refractivity contribution in [1.82, 2.24) is 14.9 Å². The third kappa shape index (κ3) is 5.84. The van der Waals surface area contributed by atoms with Gasteiger partial charge in [0.15, 0.2) is 5.16 Å². The Bertz CT molecular complexity index is 1050. The molecule has 152 valence electrons. The maximum absolute atomic E-state index is 13.0. The highest BCUT2D eigenvalue weighted by Gasteiger charge is 2.14. The van der Waals surface area contributed by atoms with Crippen molar-refractivity contribution in [2.45, 2.75) is 38.5 Å². The number of nitrogens with zero attached hydrogens (tertiary/aromatic N) is 2. The first kappa shape index (κ1) is 21.4. The topological polar surface area (TPSA) is 64.0 Å². The first-order chi connectivity index (χ1) is 13.9. The molecule has 5 nitrogen and oxygen atoms in total. The molecule has 0 unspecified atom stereocenters. The fourth-order valence-electron chi connectivity index (χ4n) is 2.85. The van der Waals surface area contributed by atoms with Crippen molar-refractivity contribution < 1.29 is 4.79 Å². The lowest BCUT2D eigenvalue weighted by molar-refractivity contribution is -0.118. The Morgan fingerprint density at radius 2 is 1.97 bits per heavy atom. The number of fused-ring (bicyclic) bond motifs is 1. The van der Waals surface area contributed by atoms with E-state index in [-0.39, 0.29) is 17.2 Å². The second kappa shape index (κ2) is 9.94. The molecule has 2 aromatic carbocycles. The van der Waals surface area contributed by atoms with E-state index in [9.17, 15) is 9.59 Å². The number of rotatable bonds is 8. The summed E-state index contributed by atoms with van der Waals surface area (Å²) >= 11 is 7.35. The molecule has 0 atom stereocenters. The Hall–Kier alpha value is -2.31. The van der Waals surface area contributed by atoms with Crippen molar-refractivity contribution in [2.75, 3.05) is 5.75 Å². The Labute approximate surface area is 179 Å². The summed E-state index contributed by atoms with van der Waals surface area (Å²) in [6.07, 6.45) is 0.856. The molecule has 3 rings (SSSR count). The van der Waals surface area contributed by atoms with Gasteiger partial charge in [0.25, 0.3) is 5.56 Å². The van der Waals surface area contributed by atoms with Crippen LogP contribution in [0.4, 0.5) is 0 Å². The molecule has 1 amide bonds. The number of thioether (sulfide) groups is 1. The zero-order valence-corrected chi connectivity index (χ0v) is 18.1. The number of aromatic nitrogens is 2. The molecule has 1 N–H and O–H groups in total. The Kier molecular flexibility index (Phi) is 7.34. The predicted molar refractivity (Wildman–Crippen MR) is 119 cm³/mol. The van der Waals surface area contributed by atoms with E-state index < -0.39 is 0 Å². The van der Waals surface area contributed by atoms with E-state index in [2.05, 4.69) is 24.1 Å². The molecule has 0 radical (unpaired) electrons. The largest absolute Gasteiger partial charge is 0.351 e. The van der Waals surface area contributed by atoms with E-state index in [4.69, 9.17) is 11.6 Å². The third-order valence-electron chi connectivity index (χ3n) is 4.48. The van der Waals surface area contributed by atoms with Gasteiger partial charge in [-0.05, 0) is 36.1 Å². The van der Waals surface area contributed by atoms with Gasteiger partial charge in [-0.1, -0.05) is 67.5 Å². The number of carbonyl (C=O) groups excluding carboxylic acids is 1. The van der Waals surface area contributed by atoms with Gasteiger partial charge in [-0.3, -0.25) is 14.2 Å². The Balaban J connectivity index is 1.77. The van der Waals surface area contributed by atoms with Crippen LogP contribution < -0.4 is 10.9 Å². The molecule has 1 heterocycles. The highest BCUT2D eigenvalue weighted by atomic mass is 35.5. The molecule has 0 spiro atoms. The van der Waals surface area contributed by atoms with E-state index in [1.165, 1.54) is 11.8 Å². The minimum Gasteiger partial charge on any atom is -0.351 e. The van der Waals surface area contributed by atoms with Crippen LogP contribution in [0.15, 0.2) is 58.5 Å². The minimum atomic E-state index is -0.102. The average Bonchev–Trinajstić information content (AvgIpc) is 2.70. The first-order valence-electron chi connectivity index (χ1n) is 9.57. The molecule has 0 aliphatic rings. The number of hydrogen-bond acceptors (Lipinski definition) is 4. The van der Waals surface area contributed by atoms with E-state index in [1.54, 1.807) is 22.8 Å². The van der Waals surface area contributed by atoms with Gasteiger partial charge >= 0.3 is 0 Å². The average molecular weight is 430 g/mol. The molecule has 1 aromatic heterocycles. The second-order valence-corrected chi connectivity index (χ2v) is 8.63. The molecule has 7 heteroatoms. The summed E-state index contributed by atoms with van der Waals surface area (Å²) in [4.78, 5) is 29.9. The summed E-state index contributed by atoms with van der Waals surface area (Å²) in [5.74, 6) is 0.539. The van der Waals surface area contributed by atoms with Gasteiger partial charge < -0.3 is 5.32 Å². The zero-order valence-electron chi connectivity index (χ0n) is 16.5. The monoisotopic (exact) mass is 429 g/mol. The number of amides is 1. The molecule has 29 heavy (non-hydrogen) atoms. The van der Waals surface area contributed by atoms with Crippen molar-refractivity contribution in [3.63, 3.8) is 0 Å². The number of hydrogen-bond donors (Lipinski definition) is 1. The lowest BCUT2D eigenvalue weighted by Crippen LogP contribution is -2.27. The lowest BCUT2D eigenvalue weighted by atomic mass is 10.1. The van der Waals surface area contributed by atoms with Gasteiger partial charge in [0.2, 0.25) is 5.91 Å². The lowest BCUT2D eigenvalue weighted by Gasteiger charge is -2.14. The van der Waals surface area contributed by atoms with Gasteiger partial charge in [-0.2, -0.15) is 0 Å². The fourth-order valence-corrected chi connectivity index (χ4v) is 3.87. The van der Waals surface area contributed by atoms with Crippen LogP contribution in [0.3, 0.4) is 0 Å². The predicted octanol–water partition coefficient (Wildman–Crippen LogP) is 4.50. The SMILES string of the molecule is CC(C)CCn1c(SCC(=O)NCc2ccccc2)nc2cc(Cl)ccc2c1=O. The van der Waals surface area contributed by atoms with Gasteiger partial charge in [-0.25, -0.2) is 4.98 Å². The van der Waals surface area contributed by atoms with Crippen LogP contribution in [0.5, 0.6) is 0 Å². The smallest absolute Gasteiger partial charge is 0.262 e. The van der Waals surface area contributed by atoms with Gasteiger partial charge in [0, 0.05) is 18.1 Å². The Morgan fingerprint density at radius 1 is 1.21 bits per heavy atom. The summed E-state index contributed by atoms with van der Waals surface area (Å²) in [5, 5.41) is 4.51. The third-order valence-corrected chi connectivity index (χ3v) is 5.69. The van der Waals surface area contributed by atoms with Gasteiger partial charge in [0.05, 0.1) is 16.7 Å². The van der Waals surface area contributed by atoms with Crippen LogP contribution >= 0.6 is 23.4 Å². The summed E-state index contributed by atoms with van der Waals surface area (Å²) in [6.45, 7) is 5.27. The Morgan fingerprint density at radius 3 is 2.69 bits per heavy atom. The maximum atomic E-state index is 13.0. The van der Waals surface area contributed by atoms with Crippen LogP contribution in [0.1, 0.15) is 25.8 Å². The fraction of sp³-hybridized carbons (Fsp3) is 0.318. The van der Waals surface area contributed by atoms with Crippen LogP contribution in [-0.2, 0) is 17.9 Å². The zero-order chi connectivity index (χ0) is 20.8. The number of halogens is 1. The quantitative estimate of drug-likeness (QED) is 0.423. The van der Waals surface area contributed by atoms with Crippen molar-refractivity contribution in [3.05, 3.63) is 69.5 Å². The maximum Gasteiger partial charge on any atom is 0.262 e. The van der Waals surface area contributed by atoms with E-state index in [0.717, 1.165) is 12.0 Å². The van der Waals surface area contributed by atoms with Crippen LogP contribution in [0, 0.1) is 5.92 Å². The van der Waals surface area contributed by atoms with Crippen LogP contribution in [0.2, 0.25) is 5.02 Å². The standard InChI is InChI=1S/C22H24ClN3O2S/c1-15(2)10-11-26-21(28)18-9-8-17(23)12-19(18)25-22(26)29-14-20(27)24-13-16-6-4-3-5-7-16/h3-9,12,15H,10-11,13-14H2,1-2H3,(H,24,27). The molecule has 0 aliphatic heterocycles. The second-order valence-electron chi connectivity index (χ2n) is 7.25. The molecule has 0 saturated heterocycles. The van der Waals surface area contributed by atoms with Crippen molar-refractivity contribution in [2.24, 2.45) is 5.92 Å². The molecule has 3 aromatic rings. The molecular formula is C22H24ClN3O2S. The first-order valence-corrected chi connectivity index (χ1v) is 10.9. The molecule has 0 aliphatic carbocycles. The minimum absolute atomic E-state index is 0.0977. The summed E-state index contributed by atoms with van der Waals surface area (Å²) in [7, 11) is 0. The highest BCUT2D eigenvalue weighted by molar-refractivity contribution is 7.99. The van der Waals surface area contributed by atoms with Gasteiger partial charge in [0.1, 0.15) is 0 Å². The summed E-state index contributed by atoms with van der Waals surface area (Å²) < 4.78 is 1.67. The number of nitrogens with one attached hydrogen (secondary N) is 1. The van der Waals surface area contributed by atoms with Crippen molar-refractivity contribution in [3.8, 4) is 0 Å². The number of carbonyl (C=O) groups is 1. The van der Waals surface area contributed by atoms with Crippen molar-refractivity contribution in [1.29, 1.82) is 0 Å². The summed E-state index contributed by atoms with van der Waals surface area (Å²) in [5.41, 5.74) is 1.49. The normalized spacial score (nSPS) is 11.2. The molecular weight excluding hydrogens is 406 g/mol.